The Labute approximate surface area is 211 Å². The number of H-pyrrole nitrogens is 1. The molecule has 1 saturated heterocycles. The van der Waals surface area contributed by atoms with Crippen LogP contribution in [0.3, 0.4) is 0 Å². The molecule has 4 aromatic rings. The van der Waals surface area contributed by atoms with E-state index in [-0.39, 0.29) is 18.5 Å². The molecule has 1 fully saturated rings. The number of fused-ring (bicyclic) bond motifs is 1. The van der Waals surface area contributed by atoms with E-state index in [4.69, 9.17) is 4.74 Å². The summed E-state index contributed by atoms with van der Waals surface area (Å²) in [6, 6.07) is 10.2. The van der Waals surface area contributed by atoms with Crippen LogP contribution in [0.4, 0.5) is 5.69 Å². The van der Waals surface area contributed by atoms with Gasteiger partial charge in [0.25, 0.3) is 0 Å². The summed E-state index contributed by atoms with van der Waals surface area (Å²) in [4.78, 5) is 29.5. The zero-order chi connectivity index (χ0) is 23.7. The summed E-state index contributed by atoms with van der Waals surface area (Å²) in [6.07, 6.45) is 5.16. The molecule has 1 N–H and O–H groups in total. The van der Waals surface area contributed by atoms with E-state index < -0.39 is 0 Å². The molecule has 34 heavy (non-hydrogen) atoms. The van der Waals surface area contributed by atoms with Gasteiger partial charge in [-0.15, -0.1) is 0 Å². The van der Waals surface area contributed by atoms with E-state index in [1.807, 2.05) is 24.0 Å². The van der Waals surface area contributed by atoms with Crippen LogP contribution in [0, 0.1) is 3.57 Å². The number of piperazine rings is 1. The van der Waals surface area contributed by atoms with Gasteiger partial charge in [0, 0.05) is 56.0 Å². The molecule has 176 valence electrons. The predicted octanol–water partition coefficient (Wildman–Crippen LogP) is 3.56. The van der Waals surface area contributed by atoms with Gasteiger partial charge in [-0.1, -0.05) is 0 Å². The van der Waals surface area contributed by atoms with Gasteiger partial charge in [0.15, 0.2) is 11.5 Å². The SMILES string of the molecule is CCOc1cc(N2CCN(C(=O)Cn3nc(-c4ncc[nH]4)c4cccnc43)[C@@H](C)C2)ccc1I. The maximum absolute atomic E-state index is 13.3. The fourth-order valence-electron chi connectivity index (χ4n) is 4.43. The number of anilines is 1. The van der Waals surface area contributed by atoms with Crippen LogP contribution in [0.5, 0.6) is 5.75 Å². The number of ether oxygens (including phenoxy) is 1. The Bertz CT molecular complexity index is 1300. The Kier molecular flexibility index (Phi) is 6.40. The predicted molar refractivity (Wildman–Crippen MR) is 139 cm³/mol. The minimum Gasteiger partial charge on any atom is -0.493 e. The molecule has 5 rings (SSSR count). The van der Waals surface area contributed by atoms with Crippen LogP contribution < -0.4 is 9.64 Å². The number of nitrogens with one attached hydrogen (secondary N) is 1. The molecule has 4 heterocycles. The van der Waals surface area contributed by atoms with Crippen LogP contribution in [0.25, 0.3) is 22.6 Å². The maximum atomic E-state index is 13.3. The van der Waals surface area contributed by atoms with Crippen LogP contribution >= 0.6 is 22.6 Å². The molecule has 1 aromatic carbocycles. The molecule has 0 saturated carbocycles. The van der Waals surface area contributed by atoms with Crippen molar-refractivity contribution in [3.8, 4) is 17.3 Å². The highest BCUT2D eigenvalue weighted by Crippen LogP contribution is 2.29. The van der Waals surface area contributed by atoms with Crippen molar-refractivity contribution in [2.75, 3.05) is 31.1 Å². The van der Waals surface area contributed by atoms with Crippen molar-refractivity contribution in [1.29, 1.82) is 0 Å². The highest BCUT2D eigenvalue weighted by atomic mass is 127. The Morgan fingerprint density at radius 1 is 1.24 bits per heavy atom. The third-order valence-electron chi connectivity index (χ3n) is 6.04. The van der Waals surface area contributed by atoms with Crippen LogP contribution in [-0.2, 0) is 11.3 Å². The Balaban J connectivity index is 1.32. The lowest BCUT2D eigenvalue weighted by molar-refractivity contribution is -0.134. The molecule has 9 nitrogen and oxygen atoms in total. The maximum Gasteiger partial charge on any atom is 0.244 e. The van der Waals surface area contributed by atoms with Crippen molar-refractivity contribution < 1.29 is 9.53 Å². The third kappa shape index (κ3) is 4.33. The summed E-state index contributed by atoms with van der Waals surface area (Å²) < 4.78 is 8.54. The van der Waals surface area contributed by atoms with Gasteiger partial charge in [-0.25, -0.2) is 14.6 Å². The summed E-state index contributed by atoms with van der Waals surface area (Å²) in [7, 11) is 0. The van der Waals surface area contributed by atoms with Crippen LogP contribution in [-0.4, -0.2) is 67.8 Å². The standard InChI is InChI=1S/C24H26IN7O2/c1-3-34-20-13-17(6-7-19(20)25)30-11-12-31(16(2)14-30)21(33)15-32-24-18(5-4-8-28-24)22(29-32)23-26-9-10-27-23/h4-10,13,16H,3,11-12,14-15H2,1-2H3,(H,26,27)/t16-/m0/s1. The molecule has 0 unspecified atom stereocenters. The average Bonchev–Trinajstić information content (AvgIpc) is 3.49. The van der Waals surface area contributed by atoms with Gasteiger partial charge < -0.3 is 19.5 Å². The number of carbonyl (C=O) groups is 1. The van der Waals surface area contributed by atoms with E-state index in [9.17, 15) is 4.79 Å². The normalized spacial score (nSPS) is 16.3. The monoisotopic (exact) mass is 571 g/mol. The van der Waals surface area contributed by atoms with Gasteiger partial charge in [-0.2, -0.15) is 5.10 Å². The number of nitrogens with zero attached hydrogens (tertiary/aromatic N) is 6. The van der Waals surface area contributed by atoms with E-state index in [1.165, 1.54) is 0 Å². The first-order valence-electron chi connectivity index (χ1n) is 11.3. The molecular weight excluding hydrogens is 545 g/mol. The minimum absolute atomic E-state index is 0.0332. The second-order valence-electron chi connectivity index (χ2n) is 8.25. The van der Waals surface area contributed by atoms with Crippen molar-refractivity contribution in [3.63, 3.8) is 0 Å². The van der Waals surface area contributed by atoms with Crippen molar-refractivity contribution in [2.24, 2.45) is 0 Å². The molecule has 1 amide bonds. The van der Waals surface area contributed by atoms with Crippen LogP contribution in [0.2, 0.25) is 0 Å². The zero-order valence-electron chi connectivity index (χ0n) is 19.1. The summed E-state index contributed by atoms with van der Waals surface area (Å²) in [5.74, 6) is 1.60. The Morgan fingerprint density at radius 3 is 2.88 bits per heavy atom. The molecule has 1 aliphatic rings. The molecule has 1 atom stereocenters. The molecule has 0 bridgehead atoms. The lowest BCUT2D eigenvalue weighted by atomic mass is 10.1. The van der Waals surface area contributed by atoms with E-state index in [2.05, 4.69) is 72.7 Å². The summed E-state index contributed by atoms with van der Waals surface area (Å²) in [5, 5.41) is 5.54. The number of hydrogen-bond acceptors (Lipinski definition) is 6. The molecule has 10 heteroatoms. The molecule has 0 aliphatic carbocycles. The van der Waals surface area contributed by atoms with Crippen LogP contribution in [0.15, 0.2) is 48.9 Å². The quantitative estimate of drug-likeness (QED) is 0.356. The number of halogens is 1. The fourth-order valence-corrected chi connectivity index (χ4v) is 4.92. The molecule has 1 aliphatic heterocycles. The number of carbonyl (C=O) groups excluding carboxylic acids is 1. The van der Waals surface area contributed by atoms with E-state index >= 15 is 0 Å². The Hall–Kier alpha value is -3.15. The van der Waals surface area contributed by atoms with Gasteiger partial charge in [0.1, 0.15) is 18.0 Å². The van der Waals surface area contributed by atoms with Gasteiger partial charge >= 0.3 is 0 Å². The molecule has 0 spiro atoms. The number of hydrogen-bond donors (Lipinski definition) is 1. The van der Waals surface area contributed by atoms with Gasteiger partial charge in [0.2, 0.25) is 5.91 Å². The van der Waals surface area contributed by atoms with Crippen molar-refractivity contribution in [3.05, 3.63) is 52.5 Å². The second kappa shape index (κ2) is 9.61. The fraction of sp³-hybridized carbons (Fsp3) is 0.333. The third-order valence-corrected chi connectivity index (χ3v) is 6.93. The first-order chi connectivity index (χ1) is 16.5. The Morgan fingerprint density at radius 2 is 2.12 bits per heavy atom. The van der Waals surface area contributed by atoms with Gasteiger partial charge in [0.05, 0.1) is 15.6 Å². The number of aromatic amines is 1. The summed E-state index contributed by atoms with van der Waals surface area (Å²) >= 11 is 2.29. The van der Waals surface area contributed by atoms with E-state index in [1.54, 1.807) is 23.3 Å². The first kappa shape index (κ1) is 22.6. The summed E-state index contributed by atoms with van der Waals surface area (Å²) in [5.41, 5.74) is 2.49. The summed E-state index contributed by atoms with van der Waals surface area (Å²) in [6.45, 7) is 7.02. The number of benzene rings is 1. The number of amides is 1. The van der Waals surface area contributed by atoms with E-state index in [0.29, 0.717) is 30.3 Å². The van der Waals surface area contributed by atoms with Crippen molar-refractivity contribution in [2.45, 2.75) is 26.4 Å². The molecule has 0 radical (unpaired) electrons. The smallest absolute Gasteiger partial charge is 0.244 e. The van der Waals surface area contributed by atoms with Crippen molar-refractivity contribution >= 4 is 45.2 Å². The van der Waals surface area contributed by atoms with Crippen molar-refractivity contribution in [1.82, 2.24) is 29.6 Å². The second-order valence-corrected chi connectivity index (χ2v) is 9.41. The lowest BCUT2D eigenvalue weighted by Crippen LogP contribution is -2.54. The van der Waals surface area contributed by atoms with Gasteiger partial charge in [-0.05, 0) is 60.7 Å². The molecule has 3 aromatic heterocycles. The largest absolute Gasteiger partial charge is 0.493 e. The van der Waals surface area contributed by atoms with E-state index in [0.717, 1.165) is 33.5 Å². The zero-order valence-corrected chi connectivity index (χ0v) is 21.3. The average molecular weight is 571 g/mol. The number of aromatic nitrogens is 5. The highest BCUT2D eigenvalue weighted by molar-refractivity contribution is 14.1. The van der Waals surface area contributed by atoms with Crippen LogP contribution in [0.1, 0.15) is 13.8 Å². The van der Waals surface area contributed by atoms with Gasteiger partial charge in [-0.3, -0.25) is 4.79 Å². The minimum atomic E-state index is 0.0332. The lowest BCUT2D eigenvalue weighted by Gasteiger charge is -2.41. The number of imidazole rings is 1. The highest BCUT2D eigenvalue weighted by Gasteiger charge is 2.29. The number of pyridine rings is 1. The molecular formula is C24H26IN7O2. The number of rotatable bonds is 6. The topological polar surface area (TPSA) is 92.2 Å². The first-order valence-corrected chi connectivity index (χ1v) is 12.4.